The number of thiophene rings is 1. The van der Waals surface area contributed by atoms with E-state index < -0.39 is 0 Å². The zero-order chi connectivity index (χ0) is 17.1. The molecule has 0 spiro atoms. The van der Waals surface area contributed by atoms with E-state index >= 15 is 0 Å². The Balaban J connectivity index is 1.91. The van der Waals surface area contributed by atoms with Gasteiger partial charge in [0.2, 0.25) is 0 Å². The molecular formula is C20H27N2OS+. The van der Waals surface area contributed by atoms with Gasteiger partial charge in [0.1, 0.15) is 0 Å². The smallest absolute Gasteiger partial charge is 0.278 e. The number of quaternary nitrogens is 1. The molecule has 0 fully saturated rings. The molecule has 0 unspecified atom stereocenters. The highest BCUT2D eigenvalue weighted by atomic mass is 32.1. The fourth-order valence-corrected chi connectivity index (χ4v) is 4.30. The van der Waals surface area contributed by atoms with Gasteiger partial charge in [0.25, 0.3) is 5.91 Å². The fraction of sp³-hybridized carbons (Fsp3) is 0.450. The third-order valence-corrected chi connectivity index (χ3v) is 6.10. The van der Waals surface area contributed by atoms with E-state index in [1.807, 2.05) is 11.3 Å². The highest BCUT2D eigenvalue weighted by Crippen LogP contribution is 2.38. The first-order valence-electron chi connectivity index (χ1n) is 8.86. The van der Waals surface area contributed by atoms with E-state index in [1.165, 1.54) is 21.6 Å². The Morgan fingerprint density at radius 1 is 1.33 bits per heavy atom. The van der Waals surface area contributed by atoms with Crippen LogP contribution in [0, 0.1) is 6.92 Å². The highest BCUT2D eigenvalue weighted by molar-refractivity contribution is 7.10. The maximum absolute atomic E-state index is 12.9. The number of fused-ring (bicyclic) bond motifs is 1. The Bertz CT molecular complexity index is 709. The van der Waals surface area contributed by atoms with Crippen LogP contribution in [0.5, 0.6) is 0 Å². The zero-order valence-corrected chi connectivity index (χ0v) is 15.6. The average Bonchev–Trinajstić information content (AvgIpc) is 3.07. The van der Waals surface area contributed by atoms with Crippen molar-refractivity contribution >= 4 is 17.2 Å². The number of nitrogens with zero attached hydrogens (tertiary/aromatic N) is 1. The summed E-state index contributed by atoms with van der Waals surface area (Å²) in [5, 5.41) is 4.33. The van der Waals surface area contributed by atoms with Crippen molar-refractivity contribution in [2.45, 2.75) is 45.7 Å². The predicted molar refractivity (Wildman–Crippen MR) is 99.3 cm³/mol. The van der Waals surface area contributed by atoms with Crippen LogP contribution in [0.15, 0.2) is 35.7 Å². The van der Waals surface area contributed by atoms with E-state index in [-0.39, 0.29) is 11.9 Å². The SMILES string of the molecule is CC[C@H](C)[NH2+]CC(=O)N1CCc2sccc2[C@@H]1c1ccccc1C. The molecule has 1 aromatic heterocycles. The normalized spacial score (nSPS) is 18.3. The second-order valence-corrected chi connectivity index (χ2v) is 7.72. The first kappa shape index (κ1) is 17.2. The summed E-state index contributed by atoms with van der Waals surface area (Å²) >= 11 is 1.82. The molecule has 3 nitrogen and oxygen atoms in total. The van der Waals surface area contributed by atoms with Gasteiger partial charge in [-0.05, 0) is 54.8 Å². The van der Waals surface area contributed by atoms with Crippen molar-refractivity contribution in [3.63, 3.8) is 0 Å². The Morgan fingerprint density at radius 3 is 2.88 bits per heavy atom. The predicted octanol–water partition coefficient (Wildman–Crippen LogP) is 2.89. The van der Waals surface area contributed by atoms with Crippen molar-refractivity contribution in [2.24, 2.45) is 0 Å². The van der Waals surface area contributed by atoms with Crippen molar-refractivity contribution in [2.75, 3.05) is 13.1 Å². The summed E-state index contributed by atoms with van der Waals surface area (Å²) in [4.78, 5) is 16.5. The van der Waals surface area contributed by atoms with Crippen LogP contribution in [0.3, 0.4) is 0 Å². The number of nitrogens with two attached hydrogens (primary N) is 1. The molecule has 0 saturated heterocycles. The van der Waals surface area contributed by atoms with Gasteiger partial charge in [-0.3, -0.25) is 4.79 Å². The third kappa shape index (κ3) is 3.40. The molecule has 2 atom stereocenters. The van der Waals surface area contributed by atoms with Crippen molar-refractivity contribution in [3.8, 4) is 0 Å². The molecule has 2 heterocycles. The highest BCUT2D eigenvalue weighted by Gasteiger charge is 2.33. The van der Waals surface area contributed by atoms with Gasteiger partial charge in [-0.15, -0.1) is 11.3 Å². The van der Waals surface area contributed by atoms with Gasteiger partial charge < -0.3 is 10.2 Å². The molecule has 128 valence electrons. The van der Waals surface area contributed by atoms with Gasteiger partial charge in [-0.2, -0.15) is 0 Å². The summed E-state index contributed by atoms with van der Waals surface area (Å²) in [5.74, 6) is 0.250. The number of aryl methyl sites for hydroxylation is 1. The molecule has 1 amide bonds. The Kier molecular flexibility index (Phi) is 5.36. The molecule has 2 aromatic rings. The van der Waals surface area contributed by atoms with Crippen LogP contribution in [0.25, 0.3) is 0 Å². The lowest BCUT2D eigenvalue weighted by Crippen LogP contribution is -2.91. The number of hydrogen-bond acceptors (Lipinski definition) is 2. The van der Waals surface area contributed by atoms with Gasteiger partial charge in [-0.25, -0.2) is 0 Å². The molecule has 0 radical (unpaired) electrons. The van der Waals surface area contributed by atoms with Crippen LogP contribution >= 0.6 is 11.3 Å². The molecule has 1 aromatic carbocycles. The minimum atomic E-state index is 0.0685. The molecule has 0 bridgehead atoms. The summed E-state index contributed by atoms with van der Waals surface area (Å²) in [5.41, 5.74) is 3.83. The maximum Gasteiger partial charge on any atom is 0.278 e. The summed E-state index contributed by atoms with van der Waals surface area (Å²) in [6.07, 6.45) is 2.06. The van der Waals surface area contributed by atoms with E-state index in [4.69, 9.17) is 0 Å². The number of hydrogen-bond donors (Lipinski definition) is 1. The van der Waals surface area contributed by atoms with Gasteiger partial charge in [-0.1, -0.05) is 31.2 Å². The Morgan fingerprint density at radius 2 is 2.12 bits per heavy atom. The molecule has 1 aliphatic rings. The van der Waals surface area contributed by atoms with Crippen molar-refractivity contribution in [1.29, 1.82) is 0 Å². The van der Waals surface area contributed by atoms with Gasteiger partial charge >= 0.3 is 0 Å². The molecule has 0 aliphatic carbocycles. The molecule has 4 heteroatoms. The summed E-state index contributed by atoms with van der Waals surface area (Å²) < 4.78 is 0. The molecular weight excluding hydrogens is 316 g/mol. The number of amides is 1. The molecule has 0 saturated carbocycles. The van der Waals surface area contributed by atoms with E-state index in [9.17, 15) is 4.79 Å². The van der Waals surface area contributed by atoms with Gasteiger partial charge in [0.05, 0.1) is 12.1 Å². The van der Waals surface area contributed by atoms with Crippen LogP contribution in [0.4, 0.5) is 0 Å². The maximum atomic E-state index is 12.9. The Labute approximate surface area is 148 Å². The van der Waals surface area contributed by atoms with E-state index in [0.717, 1.165) is 19.4 Å². The van der Waals surface area contributed by atoms with E-state index in [2.05, 4.69) is 66.7 Å². The van der Waals surface area contributed by atoms with Gasteiger partial charge in [0, 0.05) is 11.4 Å². The fourth-order valence-electron chi connectivity index (χ4n) is 3.40. The van der Waals surface area contributed by atoms with Gasteiger partial charge in [0.15, 0.2) is 6.54 Å². The summed E-state index contributed by atoms with van der Waals surface area (Å²) in [7, 11) is 0. The van der Waals surface area contributed by atoms with Crippen molar-refractivity contribution in [1.82, 2.24) is 4.90 Å². The van der Waals surface area contributed by atoms with Crippen LogP contribution < -0.4 is 5.32 Å². The van der Waals surface area contributed by atoms with Crippen LogP contribution in [0.1, 0.15) is 47.9 Å². The largest absolute Gasteiger partial charge is 0.336 e. The summed E-state index contributed by atoms with van der Waals surface area (Å²) in [6, 6.07) is 11.2. The molecule has 3 rings (SSSR count). The van der Waals surface area contributed by atoms with Crippen LogP contribution in [0.2, 0.25) is 0 Å². The number of carbonyl (C=O) groups is 1. The first-order chi connectivity index (χ1) is 11.6. The molecule has 2 N–H and O–H groups in total. The molecule has 1 aliphatic heterocycles. The number of rotatable bonds is 5. The second kappa shape index (κ2) is 7.49. The zero-order valence-electron chi connectivity index (χ0n) is 14.8. The van der Waals surface area contributed by atoms with Crippen molar-refractivity contribution in [3.05, 3.63) is 57.3 Å². The standard InChI is InChI=1S/C20H26N2OS/c1-4-15(3)21-13-19(23)22-11-9-18-17(10-12-24-18)20(22)16-8-6-5-7-14(16)2/h5-8,10,12,15,20-21H,4,9,11,13H2,1-3H3/p+1/t15-,20-/m0/s1. The lowest BCUT2D eigenvalue weighted by atomic mass is 9.90. The Hall–Kier alpha value is -1.65. The van der Waals surface area contributed by atoms with E-state index in [1.54, 1.807) is 0 Å². The average molecular weight is 344 g/mol. The minimum Gasteiger partial charge on any atom is -0.336 e. The lowest BCUT2D eigenvalue weighted by molar-refractivity contribution is -0.676. The van der Waals surface area contributed by atoms with Crippen LogP contribution in [-0.2, 0) is 11.2 Å². The monoisotopic (exact) mass is 343 g/mol. The lowest BCUT2D eigenvalue weighted by Gasteiger charge is -2.36. The first-order valence-corrected chi connectivity index (χ1v) is 9.74. The number of carbonyl (C=O) groups excluding carboxylic acids is 1. The second-order valence-electron chi connectivity index (χ2n) is 6.72. The number of benzene rings is 1. The molecule has 24 heavy (non-hydrogen) atoms. The quantitative estimate of drug-likeness (QED) is 0.890. The van der Waals surface area contributed by atoms with Crippen LogP contribution in [-0.4, -0.2) is 29.9 Å². The summed E-state index contributed by atoms with van der Waals surface area (Å²) in [6.45, 7) is 7.85. The van der Waals surface area contributed by atoms with E-state index in [0.29, 0.717) is 12.6 Å². The minimum absolute atomic E-state index is 0.0685. The third-order valence-electron chi connectivity index (χ3n) is 5.11. The topological polar surface area (TPSA) is 36.9 Å². The van der Waals surface area contributed by atoms with Crippen molar-refractivity contribution < 1.29 is 10.1 Å².